The molecule has 1 aromatic carbocycles. The van der Waals surface area contributed by atoms with E-state index in [1.807, 2.05) is 44.3 Å². The third-order valence-electron chi connectivity index (χ3n) is 2.29. The molecule has 3 nitrogen and oxygen atoms in total. The number of rotatable bonds is 2. The highest BCUT2D eigenvalue weighted by Crippen LogP contribution is 2.25. The summed E-state index contributed by atoms with van der Waals surface area (Å²) in [4.78, 5) is 9.78. The van der Waals surface area contributed by atoms with E-state index >= 15 is 0 Å². The highest BCUT2D eigenvalue weighted by molar-refractivity contribution is 7.99. The van der Waals surface area contributed by atoms with Gasteiger partial charge in [-0.2, -0.15) is 0 Å². The van der Waals surface area contributed by atoms with Gasteiger partial charge in [0.05, 0.1) is 0 Å². The molecule has 0 saturated heterocycles. The van der Waals surface area contributed by atoms with Crippen molar-refractivity contribution in [2.45, 2.75) is 23.9 Å². The fraction of sp³-hybridized carbons (Fsp3) is 0.167. The predicted molar refractivity (Wildman–Crippen MR) is 66.5 cm³/mol. The van der Waals surface area contributed by atoms with E-state index in [9.17, 15) is 0 Å². The van der Waals surface area contributed by atoms with Gasteiger partial charge in [-0.15, -0.1) is 0 Å². The lowest BCUT2D eigenvalue weighted by molar-refractivity contribution is 0.913. The predicted octanol–water partition coefficient (Wildman–Crippen LogP) is 2.83. The smallest absolute Gasteiger partial charge is 0.192 e. The molecule has 16 heavy (non-hydrogen) atoms. The molecule has 0 aliphatic carbocycles. The minimum absolute atomic E-state index is 0.769. The van der Waals surface area contributed by atoms with Crippen LogP contribution in [0.4, 0.5) is 5.69 Å². The highest BCUT2D eigenvalue weighted by atomic mass is 32.2. The fourth-order valence-electron chi connectivity index (χ4n) is 1.20. The van der Waals surface area contributed by atoms with Crippen molar-refractivity contribution in [3.05, 3.63) is 41.7 Å². The van der Waals surface area contributed by atoms with Crippen LogP contribution in [0.5, 0.6) is 0 Å². The molecule has 0 radical (unpaired) electrons. The summed E-state index contributed by atoms with van der Waals surface area (Å²) in [5.74, 6) is 0. The Labute approximate surface area is 99.1 Å². The fourth-order valence-corrected chi connectivity index (χ4v) is 1.97. The number of aromatic nitrogens is 2. The Morgan fingerprint density at radius 1 is 1.12 bits per heavy atom. The van der Waals surface area contributed by atoms with Gasteiger partial charge in [0.25, 0.3) is 0 Å². The monoisotopic (exact) mass is 231 g/mol. The van der Waals surface area contributed by atoms with Crippen LogP contribution in [-0.4, -0.2) is 9.97 Å². The molecule has 1 heterocycles. The largest absolute Gasteiger partial charge is 0.399 e. The average Bonchev–Trinajstić information content (AvgIpc) is 2.27. The molecule has 0 fully saturated rings. The standard InChI is InChI=1S/C12H13N3S/c1-8-7-14-12(15-9(8)2)16-11-5-3-10(13)4-6-11/h3-7H,13H2,1-2H3. The summed E-state index contributed by atoms with van der Waals surface area (Å²) in [6, 6.07) is 7.70. The van der Waals surface area contributed by atoms with Crippen LogP contribution < -0.4 is 5.73 Å². The zero-order valence-electron chi connectivity index (χ0n) is 9.27. The van der Waals surface area contributed by atoms with Crippen LogP contribution in [0, 0.1) is 13.8 Å². The molecule has 0 amide bonds. The number of nitrogens with two attached hydrogens (primary N) is 1. The van der Waals surface area contributed by atoms with E-state index in [-0.39, 0.29) is 0 Å². The number of aryl methyl sites for hydroxylation is 2. The van der Waals surface area contributed by atoms with Crippen LogP contribution in [0.15, 0.2) is 40.5 Å². The van der Waals surface area contributed by atoms with Gasteiger partial charge in [-0.1, -0.05) is 0 Å². The van der Waals surface area contributed by atoms with Crippen molar-refractivity contribution in [1.82, 2.24) is 9.97 Å². The Morgan fingerprint density at radius 3 is 2.44 bits per heavy atom. The Kier molecular flexibility index (Phi) is 3.10. The molecular weight excluding hydrogens is 218 g/mol. The third kappa shape index (κ3) is 2.52. The number of hydrogen-bond donors (Lipinski definition) is 1. The quantitative estimate of drug-likeness (QED) is 0.638. The van der Waals surface area contributed by atoms with Gasteiger partial charge in [-0.05, 0) is 55.4 Å². The number of anilines is 1. The van der Waals surface area contributed by atoms with Gasteiger partial charge in [0.1, 0.15) is 0 Å². The van der Waals surface area contributed by atoms with E-state index in [2.05, 4.69) is 9.97 Å². The van der Waals surface area contributed by atoms with Gasteiger partial charge in [0.2, 0.25) is 0 Å². The SMILES string of the molecule is Cc1cnc(Sc2ccc(N)cc2)nc1C. The van der Waals surface area contributed by atoms with E-state index < -0.39 is 0 Å². The van der Waals surface area contributed by atoms with Crippen molar-refractivity contribution >= 4 is 17.4 Å². The van der Waals surface area contributed by atoms with E-state index in [1.54, 1.807) is 11.8 Å². The Bertz CT molecular complexity index is 494. The summed E-state index contributed by atoms with van der Waals surface area (Å²) in [5, 5.41) is 0.771. The van der Waals surface area contributed by atoms with Crippen molar-refractivity contribution in [3.63, 3.8) is 0 Å². The summed E-state index contributed by atoms with van der Waals surface area (Å²) in [6.45, 7) is 4.00. The van der Waals surface area contributed by atoms with Crippen molar-refractivity contribution in [2.24, 2.45) is 0 Å². The summed E-state index contributed by atoms with van der Waals surface area (Å²) in [5.41, 5.74) is 8.53. The highest BCUT2D eigenvalue weighted by Gasteiger charge is 2.02. The normalized spacial score (nSPS) is 10.4. The van der Waals surface area contributed by atoms with Crippen molar-refractivity contribution < 1.29 is 0 Å². The van der Waals surface area contributed by atoms with Gasteiger partial charge in [-0.3, -0.25) is 0 Å². The van der Waals surface area contributed by atoms with Crippen LogP contribution in [0.3, 0.4) is 0 Å². The second-order valence-electron chi connectivity index (χ2n) is 3.59. The van der Waals surface area contributed by atoms with Crippen LogP contribution in [0.1, 0.15) is 11.3 Å². The van der Waals surface area contributed by atoms with E-state index in [0.29, 0.717) is 0 Å². The average molecular weight is 231 g/mol. The second-order valence-corrected chi connectivity index (χ2v) is 4.63. The molecule has 1 aromatic heterocycles. The number of hydrogen-bond acceptors (Lipinski definition) is 4. The molecule has 0 bridgehead atoms. The Hall–Kier alpha value is -1.55. The molecule has 2 N–H and O–H groups in total. The molecule has 0 saturated carbocycles. The minimum Gasteiger partial charge on any atom is -0.399 e. The summed E-state index contributed by atoms with van der Waals surface area (Å²) in [7, 11) is 0. The molecule has 0 spiro atoms. The molecule has 0 aliphatic heterocycles. The Balaban J connectivity index is 2.20. The number of nitrogen functional groups attached to an aromatic ring is 1. The minimum atomic E-state index is 0.769. The molecule has 2 aromatic rings. The lowest BCUT2D eigenvalue weighted by Gasteiger charge is -2.03. The molecule has 4 heteroatoms. The van der Waals surface area contributed by atoms with Crippen LogP contribution in [0.25, 0.3) is 0 Å². The van der Waals surface area contributed by atoms with E-state index in [1.165, 1.54) is 0 Å². The van der Waals surface area contributed by atoms with Gasteiger partial charge < -0.3 is 5.73 Å². The lowest BCUT2D eigenvalue weighted by atomic mass is 10.3. The van der Waals surface area contributed by atoms with Crippen molar-refractivity contribution in [1.29, 1.82) is 0 Å². The van der Waals surface area contributed by atoms with Crippen molar-refractivity contribution in [3.8, 4) is 0 Å². The van der Waals surface area contributed by atoms with Gasteiger partial charge in [-0.25, -0.2) is 9.97 Å². The molecule has 82 valence electrons. The number of benzene rings is 1. The first-order valence-electron chi connectivity index (χ1n) is 4.99. The maximum atomic E-state index is 5.62. The van der Waals surface area contributed by atoms with Crippen LogP contribution in [-0.2, 0) is 0 Å². The van der Waals surface area contributed by atoms with E-state index in [4.69, 9.17) is 5.73 Å². The summed E-state index contributed by atoms with van der Waals surface area (Å²) < 4.78 is 0. The van der Waals surface area contributed by atoms with Crippen LogP contribution >= 0.6 is 11.8 Å². The van der Waals surface area contributed by atoms with E-state index in [0.717, 1.165) is 27.0 Å². The molecule has 0 aliphatic rings. The summed E-state index contributed by atoms with van der Waals surface area (Å²) in [6.07, 6.45) is 1.85. The molecule has 0 atom stereocenters. The molecular formula is C12H13N3S. The van der Waals surface area contributed by atoms with Crippen LogP contribution in [0.2, 0.25) is 0 Å². The van der Waals surface area contributed by atoms with Gasteiger partial charge in [0.15, 0.2) is 5.16 Å². The molecule has 0 unspecified atom stereocenters. The first kappa shape index (κ1) is 11.0. The van der Waals surface area contributed by atoms with Gasteiger partial charge >= 0.3 is 0 Å². The Morgan fingerprint density at radius 2 is 1.81 bits per heavy atom. The third-order valence-corrected chi connectivity index (χ3v) is 3.18. The molecule has 2 rings (SSSR count). The maximum absolute atomic E-state index is 5.62. The second kappa shape index (κ2) is 4.53. The zero-order valence-corrected chi connectivity index (χ0v) is 10.1. The zero-order chi connectivity index (χ0) is 11.5. The van der Waals surface area contributed by atoms with Gasteiger partial charge in [0, 0.05) is 22.5 Å². The lowest BCUT2D eigenvalue weighted by Crippen LogP contribution is -1.92. The first-order valence-corrected chi connectivity index (χ1v) is 5.80. The van der Waals surface area contributed by atoms with Crippen molar-refractivity contribution in [2.75, 3.05) is 5.73 Å². The summed E-state index contributed by atoms with van der Waals surface area (Å²) >= 11 is 1.54. The topological polar surface area (TPSA) is 51.8 Å². The maximum Gasteiger partial charge on any atom is 0.192 e. The first-order chi connectivity index (χ1) is 7.65. The number of nitrogens with zero attached hydrogens (tertiary/aromatic N) is 2.